The zero-order valence-corrected chi connectivity index (χ0v) is 13.2. The minimum Gasteiger partial charge on any atom is -0.338 e. The van der Waals surface area contributed by atoms with Crippen LogP contribution in [0.3, 0.4) is 0 Å². The van der Waals surface area contributed by atoms with Crippen LogP contribution in [0.5, 0.6) is 0 Å². The Morgan fingerprint density at radius 3 is 2.57 bits per heavy atom. The lowest BCUT2D eigenvalue weighted by Gasteiger charge is -2.32. The number of aromatic nitrogens is 3. The first kappa shape index (κ1) is 16.0. The Balaban J connectivity index is 1.63. The van der Waals surface area contributed by atoms with Gasteiger partial charge in [-0.15, -0.1) is 11.3 Å². The van der Waals surface area contributed by atoms with E-state index in [1.54, 1.807) is 17.3 Å². The predicted octanol–water partition coefficient (Wildman–Crippen LogP) is 3.14. The summed E-state index contributed by atoms with van der Waals surface area (Å²) >= 11 is 1.31. The Morgan fingerprint density at radius 1 is 1.35 bits per heavy atom. The van der Waals surface area contributed by atoms with Gasteiger partial charge in [0, 0.05) is 19.3 Å². The number of aryl methyl sites for hydroxylation is 1. The lowest BCUT2D eigenvalue weighted by molar-refractivity contribution is -0.141. The third kappa shape index (κ3) is 3.24. The largest absolute Gasteiger partial charge is 0.435 e. The van der Waals surface area contributed by atoms with Gasteiger partial charge in [0.1, 0.15) is 4.88 Å². The van der Waals surface area contributed by atoms with E-state index in [4.69, 9.17) is 0 Å². The summed E-state index contributed by atoms with van der Waals surface area (Å²) in [5.74, 6) is -0.0557. The number of amides is 1. The molecule has 0 N–H and O–H groups in total. The van der Waals surface area contributed by atoms with Crippen molar-refractivity contribution >= 4 is 17.2 Å². The van der Waals surface area contributed by atoms with Gasteiger partial charge in [-0.2, -0.15) is 18.3 Å². The van der Waals surface area contributed by atoms with E-state index in [9.17, 15) is 18.0 Å². The third-order valence-electron chi connectivity index (χ3n) is 3.96. The van der Waals surface area contributed by atoms with Crippen molar-refractivity contribution < 1.29 is 18.0 Å². The molecule has 0 aromatic carbocycles. The van der Waals surface area contributed by atoms with Crippen molar-refractivity contribution in [2.75, 3.05) is 13.1 Å². The van der Waals surface area contributed by atoms with E-state index >= 15 is 0 Å². The summed E-state index contributed by atoms with van der Waals surface area (Å²) in [5.41, 5.74) is 1.47. The number of hydrogen-bond donors (Lipinski definition) is 0. The predicted molar refractivity (Wildman–Crippen MR) is 78.3 cm³/mol. The van der Waals surface area contributed by atoms with Crippen molar-refractivity contribution in [3.05, 3.63) is 34.0 Å². The van der Waals surface area contributed by atoms with Crippen molar-refractivity contribution in [1.82, 2.24) is 19.7 Å². The van der Waals surface area contributed by atoms with Gasteiger partial charge in [0.15, 0.2) is 5.69 Å². The van der Waals surface area contributed by atoms with Gasteiger partial charge in [0.2, 0.25) is 0 Å². The van der Waals surface area contributed by atoms with Crippen molar-refractivity contribution in [3.63, 3.8) is 0 Å². The molecule has 2 aromatic rings. The molecule has 1 aliphatic rings. The van der Waals surface area contributed by atoms with Crippen LogP contribution in [-0.2, 0) is 6.18 Å². The maximum atomic E-state index is 12.6. The molecular weight excluding hydrogens is 329 g/mol. The van der Waals surface area contributed by atoms with E-state index < -0.39 is 11.9 Å². The number of hydrogen-bond acceptors (Lipinski definition) is 4. The van der Waals surface area contributed by atoms with E-state index in [0.29, 0.717) is 36.5 Å². The van der Waals surface area contributed by atoms with Crippen molar-refractivity contribution in [1.29, 1.82) is 0 Å². The first-order chi connectivity index (χ1) is 10.9. The maximum Gasteiger partial charge on any atom is 0.435 e. The molecule has 0 radical (unpaired) electrons. The number of thiazole rings is 1. The summed E-state index contributed by atoms with van der Waals surface area (Å²) in [7, 11) is 0. The average Bonchev–Trinajstić information content (AvgIpc) is 3.15. The molecule has 3 heterocycles. The molecule has 0 saturated carbocycles. The number of piperidine rings is 1. The lowest BCUT2D eigenvalue weighted by atomic mass is 10.1. The fraction of sp³-hybridized carbons (Fsp3) is 0.500. The SMILES string of the molecule is Cc1ncsc1C(=O)N1CCC(n2ccc(C(F)(F)F)n2)CC1. The summed E-state index contributed by atoms with van der Waals surface area (Å²) < 4.78 is 39.2. The molecule has 9 heteroatoms. The smallest absolute Gasteiger partial charge is 0.338 e. The minimum atomic E-state index is -4.42. The van der Waals surface area contributed by atoms with Gasteiger partial charge >= 0.3 is 6.18 Å². The number of alkyl halides is 3. The van der Waals surface area contributed by atoms with Gasteiger partial charge in [-0.25, -0.2) is 4.98 Å². The topological polar surface area (TPSA) is 51.0 Å². The van der Waals surface area contributed by atoms with Gasteiger partial charge in [0.25, 0.3) is 5.91 Å². The Bertz CT molecular complexity index is 701. The highest BCUT2D eigenvalue weighted by Crippen LogP contribution is 2.30. The van der Waals surface area contributed by atoms with Crippen LogP contribution in [0.1, 0.15) is 39.9 Å². The second-order valence-electron chi connectivity index (χ2n) is 5.47. The Kier molecular flexibility index (Phi) is 4.13. The quantitative estimate of drug-likeness (QED) is 0.841. The van der Waals surface area contributed by atoms with Crippen molar-refractivity contribution in [3.8, 4) is 0 Å². The molecule has 0 atom stereocenters. The molecule has 124 valence electrons. The standard InChI is InChI=1S/C14H15F3N4OS/c1-9-12(23-8-18-9)13(22)20-5-2-10(3-6-20)21-7-4-11(19-21)14(15,16)17/h4,7-8,10H,2-3,5-6H2,1H3. The third-order valence-corrected chi connectivity index (χ3v) is 4.88. The number of carbonyl (C=O) groups excluding carboxylic acids is 1. The monoisotopic (exact) mass is 344 g/mol. The van der Waals surface area contributed by atoms with Gasteiger partial charge < -0.3 is 4.90 Å². The van der Waals surface area contributed by atoms with Gasteiger partial charge in [0.05, 0.1) is 17.2 Å². The zero-order chi connectivity index (χ0) is 16.6. The van der Waals surface area contributed by atoms with Crippen LogP contribution in [0.2, 0.25) is 0 Å². The molecule has 23 heavy (non-hydrogen) atoms. The molecule has 0 spiro atoms. The molecule has 0 bridgehead atoms. The highest BCUT2D eigenvalue weighted by Gasteiger charge is 2.34. The second kappa shape index (κ2) is 5.95. The van der Waals surface area contributed by atoms with Crippen LogP contribution in [0.25, 0.3) is 0 Å². The molecule has 3 rings (SSSR count). The maximum absolute atomic E-state index is 12.6. The number of likely N-dealkylation sites (tertiary alicyclic amines) is 1. The second-order valence-corrected chi connectivity index (χ2v) is 6.32. The van der Waals surface area contributed by atoms with Gasteiger partial charge in [-0.3, -0.25) is 9.48 Å². The molecule has 0 aliphatic carbocycles. The molecule has 1 fully saturated rings. The Labute approximate surface area is 134 Å². The number of rotatable bonds is 2. The van der Waals surface area contributed by atoms with E-state index in [0.717, 1.165) is 6.07 Å². The number of halogens is 3. The van der Waals surface area contributed by atoms with Gasteiger partial charge in [-0.05, 0) is 25.8 Å². The Morgan fingerprint density at radius 2 is 2.04 bits per heavy atom. The summed E-state index contributed by atoms with van der Waals surface area (Å²) in [6.45, 7) is 2.79. The average molecular weight is 344 g/mol. The van der Waals surface area contributed by atoms with E-state index in [-0.39, 0.29) is 11.9 Å². The molecule has 5 nitrogen and oxygen atoms in total. The van der Waals surface area contributed by atoms with Crippen LogP contribution in [-0.4, -0.2) is 38.7 Å². The summed E-state index contributed by atoms with van der Waals surface area (Å²) in [6.07, 6.45) is -1.89. The number of nitrogens with zero attached hydrogens (tertiary/aromatic N) is 4. The minimum absolute atomic E-state index is 0.0557. The van der Waals surface area contributed by atoms with Crippen molar-refractivity contribution in [2.45, 2.75) is 32.0 Å². The number of carbonyl (C=O) groups is 1. The Hall–Kier alpha value is -1.90. The van der Waals surface area contributed by atoms with Crippen LogP contribution < -0.4 is 0 Å². The van der Waals surface area contributed by atoms with E-state index in [2.05, 4.69) is 10.1 Å². The summed E-state index contributed by atoms with van der Waals surface area (Å²) in [6, 6.07) is 0.871. The molecule has 1 amide bonds. The molecule has 2 aromatic heterocycles. The molecular formula is C14H15F3N4OS. The fourth-order valence-corrected chi connectivity index (χ4v) is 3.45. The molecule has 0 unspecified atom stereocenters. The highest BCUT2D eigenvalue weighted by atomic mass is 32.1. The summed E-state index contributed by atoms with van der Waals surface area (Å²) in [5, 5.41) is 3.62. The van der Waals surface area contributed by atoms with Crippen LogP contribution in [0.4, 0.5) is 13.2 Å². The molecule has 1 aliphatic heterocycles. The normalized spacial score (nSPS) is 16.8. The highest BCUT2D eigenvalue weighted by molar-refractivity contribution is 7.11. The van der Waals surface area contributed by atoms with Crippen LogP contribution in [0.15, 0.2) is 17.8 Å². The lowest BCUT2D eigenvalue weighted by Crippen LogP contribution is -2.39. The zero-order valence-electron chi connectivity index (χ0n) is 12.4. The molecule has 1 saturated heterocycles. The van der Waals surface area contributed by atoms with Gasteiger partial charge in [-0.1, -0.05) is 0 Å². The first-order valence-electron chi connectivity index (χ1n) is 7.18. The first-order valence-corrected chi connectivity index (χ1v) is 8.06. The fourth-order valence-electron chi connectivity index (χ4n) is 2.68. The summed E-state index contributed by atoms with van der Waals surface area (Å²) in [4.78, 5) is 18.8. The van der Waals surface area contributed by atoms with Crippen LogP contribution in [0, 0.1) is 6.92 Å². The van der Waals surface area contributed by atoms with Crippen molar-refractivity contribution in [2.24, 2.45) is 0 Å². The van der Waals surface area contributed by atoms with E-state index in [1.807, 2.05) is 0 Å². The van der Waals surface area contributed by atoms with E-state index in [1.165, 1.54) is 22.2 Å². The van der Waals surface area contributed by atoms with Crippen LogP contribution >= 0.6 is 11.3 Å².